The zero-order chi connectivity index (χ0) is 19.5. The molecule has 6 nitrogen and oxygen atoms in total. The van der Waals surface area contributed by atoms with E-state index in [1.54, 1.807) is 11.3 Å². The van der Waals surface area contributed by atoms with Crippen molar-refractivity contribution in [1.82, 2.24) is 4.98 Å². The lowest BCUT2D eigenvalue weighted by Crippen LogP contribution is -2.11. The van der Waals surface area contributed by atoms with Crippen LogP contribution < -0.4 is 5.32 Å². The summed E-state index contributed by atoms with van der Waals surface area (Å²) < 4.78 is 0. The van der Waals surface area contributed by atoms with E-state index in [2.05, 4.69) is 10.3 Å². The van der Waals surface area contributed by atoms with Crippen molar-refractivity contribution >= 4 is 39.4 Å². The number of thiophene rings is 1. The minimum absolute atomic E-state index is 0.129. The predicted molar refractivity (Wildman–Crippen MR) is 112 cm³/mol. The summed E-state index contributed by atoms with van der Waals surface area (Å²) in [4.78, 5) is 29.6. The number of benzene rings is 2. The summed E-state index contributed by atoms with van der Waals surface area (Å²) in [7, 11) is 0. The van der Waals surface area contributed by atoms with E-state index in [0.717, 1.165) is 21.0 Å². The molecule has 2 heterocycles. The summed E-state index contributed by atoms with van der Waals surface area (Å²) in [6, 6.07) is 19.4. The number of hydrogen-bond donors (Lipinski definition) is 1. The summed E-state index contributed by atoms with van der Waals surface area (Å²) in [6.07, 6.45) is 0. The van der Waals surface area contributed by atoms with E-state index in [1.807, 2.05) is 47.8 Å². The first-order valence-corrected chi connectivity index (χ1v) is 9.97. The maximum Gasteiger partial charge on any atom is 0.270 e. The Labute approximate surface area is 168 Å². The van der Waals surface area contributed by atoms with Gasteiger partial charge in [0.05, 0.1) is 14.7 Å². The van der Waals surface area contributed by atoms with Gasteiger partial charge in [-0.1, -0.05) is 53.8 Å². The van der Waals surface area contributed by atoms with Gasteiger partial charge in [-0.3, -0.25) is 20.2 Å². The Balaban J connectivity index is 1.68. The number of amides is 1. The second-order valence-electron chi connectivity index (χ2n) is 5.80. The number of rotatable bonds is 5. The molecule has 0 aliphatic heterocycles. The quantitative estimate of drug-likeness (QED) is 0.340. The fourth-order valence-corrected chi connectivity index (χ4v) is 4.43. The van der Waals surface area contributed by atoms with E-state index in [1.165, 1.54) is 35.6 Å². The second kappa shape index (κ2) is 7.71. The first kappa shape index (κ1) is 18.0. The van der Waals surface area contributed by atoms with Crippen molar-refractivity contribution in [3.8, 4) is 21.0 Å². The van der Waals surface area contributed by atoms with Gasteiger partial charge >= 0.3 is 0 Å². The van der Waals surface area contributed by atoms with Gasteiger partial charge in [0.2, 0.25) is 0 Å². The third-order valence-electron chi connectivity index (χ3n) is 3.96. The molecule has 1 amide bonds. The third-order valence-corrected chi connectivity index (χ3v) is 5.85. The van der Waals surface area contributed by atoms with E-state index in [-0.39, 0.29) is 11.3 Å². The van der Waals surface area contributed by atoms with Crippen molar-refractivity contribution in [2.45, 2.75) is 0 Å². The molecule has 2 aromatic heterocycles. The summed E-state index contributed by atoms with van der Waals surface area (Å²) >= 11 is 2.95. The number of aromatic nitrogens is 1. The van der Waals surface area contributed by atoms with E-state index in [4.69, 9.17) is 0 Å². The maximum absolute atomic E-state index is 12.6. The molecule has 0 aliphatic carbocycles. The average Bonchev–Trinajstić information content (AvgIpc) is 3.38. The molecular formula is C20H13N3O3S2. The number of nitrogens with one attached hydrogen (secondary N) is 1. The Morgan fingerprint density at radius 1 is 1.04 bits per heavy atom. The number of carbonyl (C=O) groups is 1. The number of thiazole rings is 1. The summed E-state index contributed by atoms with van der Waals surface area (Å²) in [6.45, 7) is 0. The number of carbonyl (C=O) groups excluding carboxylic acids is 1. The number of nitro groups is 1. The SMILES string of the molecule is O=C(Nc1nc(-c2cccs2)c(-c2ccccc2)s1)c1cccc([N+](=O)[O-])c1. The molecule has 0 atom stereocenters. The van der Waals surface area contributed by atoms with Gasteiger partial charge in [0.15, 0.2) is 5.13 Å². The first-order chi connectivity index (χ1) is 13.6. The Hall–Kier alpha value is -3.36. The number of nitro benzene ring substituents is 1. The maximum atomic E-state index is 12.6. The molecule has 1 N–H and O–H groups in total. The Morgan fingerprint density at radius 3 is 2.57 bits per heavy atom. The molecule has 0 saturated carbocycles. The van der Waals surface area contributed by atoms with Crippen LogP contribution >= 0.6 is 22.7 Å². The molecule has 0 aliphatic rings. The van der Waals surface area contributed by atoms with E-state index in [9.17, 15) is 14.9 Å². The third kappa shape index (κ3) is 3.68. The van der Waals surface area contributed by atoms with E-state index < -0.39 is 10.8 Å². The smallest absolute Gasteiger partial charge is 0.270 e. The van der Waals surface area contributed by atoms with E-state index in [0.29, 0.717) is 5.13 Å². The molecule has 0 spiro atoms. The van der Waals surface area contributed by atoms with Gasteiger partial charge in [0, 0.05) is 17.7 Å². The van der Waals surface area contributed by atoms with E-state index >= 15 is 0 Å². The van der Waals surface area contributed by atoms with Crippen molar-refractivity contribution in [2.75, 3.05) is 5.32 Å². The van der Waals surface area contributed by atoms with Gasteiger partial charge in [-0.05, 0) is 23.1 Å². The molecule has 2 aromatic carbocycles. The largest absolute Gasteiger partial charge is 0.298 e. The molecule has 0 bridgehead atoms. The highest BCUT2D eigenvalue weighted by Crippen LogP contribution is 2.40. The lowest BCUT2D eigenvalue weighted by molar-refractivity contribution is -0.384. The molecule has 4 rings (SSSR count). The highest BCUT2D eigenvalue weighted by Gasteiger charge is 2.18. The van der Waals surface area contributed by atoms with Gasteiger partial charge in [-0.15, -0.1) is 11.3 Å². The van der Waals surface area contributed by atoms with Gasteiger partial charge in [-0.25, -0.2) is 4.98 Å². The second-order valence-corrected chi connectivity index (χ2v) is 7.75. The standard InChI is InChI=1S/C20H13N3O3S2/c24-19(14-8-4-9-15(12-14)23(25)26)22-20-21-17(16-10-5-11-27-16)18(28-20)13-6-2-1-3-7-13/h1-12H,(H,21,22,24). The van der Waals surface area contributed by atoms with Crippen molar-refractivity contribution in [3.05, 3.63) is 87.8 Å². The zero-order valence-electron chi connectivity index (χ0n) is 14.4. The molecule has 138 valence electrons. The fraction of sp³-hybridized carbons (Fsp3) is 0. The summed E-state index contributed by atoms with van der Waals surface area (Å²) in [5.41, 5.74) is 1.90. The molecule has 4 aromatic rings. The van der Waals surface area contributed by atoms with Crippen LogP contribution in [-0.4, -0.2) is 15.8 Å². The Morgan fingerprint density at radius 2 is 1.86 bits per heavy atom. The van der Waals surface area contributed by atoms with Crippen LogP contribution in [0.15, 0.2) is 72.1 Å². The average molecular weight is 407 g/mol. The van der Waals surface area contributed by atoms with Crippen LogP contribution in [0.25, 0.3) is 21.0 Å². The molecule has 28 heavy (non-hydrogen) atoms. The molecule has 0 fully saturated rings. The minimum Gasteiger partial charge on any atom is -0.298 e. The van der Waals surface area contributed by atoms with Crippen molar-refractivity contribution < 1.29 is 9.72 Å². The van der Waals surface area contributed by atoms with Crippen LogP contribution in [0.4, 0.5) is 10.8 Å². The van der Waals surface area contributed by atoms with Gasteiger partial charge < -0.3 is 0 Å². The highest BCUT2D eigenvalue weighted by molar-refractivity contribution is 7.20. The molecular weight excluding hydrogens is 394 g/mol. The number of anilines is 1. The van der Waals surface area contributed by atoms with Gasteiger partial charge in [0.1, 0.15) is 5.69 Å². The number of non-ortho nitro benzene ring substituents is 1. The highest BCUT2D eigenvalue weighted by atomic mass is 32.1. The first-order valence-electron chi connectivity index (χ1n) is 8.28. The van der Waals surface area contributed by atoms with Crippen LogP contribution in [0.3, 0.4) is 0 Å². The van der Waals surface area contributed by atoms with Crippen LogP contribution in [0.1, 0.15) is 10.4 Å². The normalized spacial score (nSPS) is 10.6. The lowest BCUT2D eigenvalue weighted by Gasteiger charge is -2.01. The topological polar surface area (TPSA) is 85.1 Å². The molecule has 8 heteroatoms. The van der Waals surface area contributed by atoms with Crippen LogP contribution in [0.5, 0.6) is 0 Å². The van der Waals surface area contributed by atoms with Crippen molar-refractivity contribution in [3.63, 3.8) is 0 Å². The monoisotopic (exact) mass is 407 g/mol. The van der Waals surface area contributed by atoms with Crippen LogP contribution in [0.2, 0.25) is 0 Å². The number of nitrogens with zero attached hydrogens (tertiary/aromatic N) is 2. The number of hydrogen-bond acceptors (Lipinski definition) is 6. The molecule has 0 saturated heterocycles. The van der Waals surface area contributed by atoms with Gasteiger partial charge in [0.25, 0.3) is 11.6 Å². The fourth-order valence-electron chi connectivity index (χ4n) is 2.67. The Bertz CT molecular complexity index is 1140. The van der Waals surface area contributed by atoms with Crippen LogP contribution in [0, 0.1) is 10.1 Å². The Kier molecular flexibility index (Phi) is 4.96. The van der Waals surface area contributed by atoms with Crippen molar-refractivity contribution in [1.29, 1.82) is 0 Å². The lowest BCUT2D eigenvalue weighted by atomic mass is 10.1. The van der Waals surface area contributed by atoms with Crippen molar-refractivity contribution in [2.24, 2.45) is 0 Å². The minimum atomic E-state index is -0.525. The zero-order valence-corrected chi connectivity index (χ0v) is 16.0. The van der Waals surface area contributed by atoms with Crippen LogP contribution in [-0.2, 0) is 0 Å². The van der Waals surface area contributed by atoms with Gasteiger partial charge in [-0.2, -0.15) is 0 Å². The molecule has 0 unspecified atom stereocenters. The summed E-state index contributed by atoms with van der Waals surface area (Å²) in [5, 5.41) is 16.1. The predicted octanol–water partition coefficient (Wildman–Crippen LogP) is 5.70. The molecule has 0 radical (unpaired) electrons. The summed E-state index contributed by atoms with van der Waals surface area (Å²) in [5.74, 6) is -0.435.